The Bertz CT molecular complexity index is 5.61. The van der Waals surface area contributed by atoms with Gasteiger partial charge in [-0.3, -0.25) is 0 Å². The summed E-state index contributed by atoms with van der Waals surface area (Å²) in [6, 6.07) is 0. The molecule has 1 heteroatoms. The van der Waals surface area contributed by atoms with Gasteiger partial charge >= 0.3 is 0 Å². The second kappa shape index (κ2) is 8.83. The van der Waals surface area contributed by atoms with E-state index < -0.39 is 0 Å². The molecule has 5 heavy (non-hydrogen) atoms. The van der Waals surface area contributed by atoms with Crippen LogP contribution in [0.5, 0.6) is 0 Å². The van der Waals surface area contributed by atoms with Crippen LogP contribution in [0.2, 0.25) is 0 Å². The van der Waals surface area contributed by atoms with Crippen LogP contribution in [-0.4, -0.2) is 0 Å². The molecule has 0 aliphatic rings. The van der Waals surface area contributed by atoms with Crippen molar-refractivity contribution in [1.29, 1.82) is 0 Å². The number of unbranched alkanes of at least 4 members (excludes halogenated alkanes) is 1. The van der Waals surface area contributed by atoms with Crippen LogP contribution < -0.4 is 0 Å². The van der Waals surface area contributed by atoms with Crippen LogP contribution in [0.25, 0.3) is 0 Å². The zero-order valence-electron chi connectivity index (χ0n) is 3.57. The van der Waals surface area contributed by atoms with Gasteiger partial charge in [0.2, 0.25) is 0 Å². The largest absolute Gasteiger partial charge is 0.343 e. The Labute approximate surface area is 49.5 Å². The van der Waals surface area contributed by atoms with Gasteiger partial charge in [-0.25, -0.2) is 0 Å². The molecule has 0 saturated heterocycles. The quantitative estimate of drug-likeness (QED) is 0.393. The molecule has 0 bridgehead atoms. The van der Waals surface area contributed by atoms with Crippen molar-refractivity contribution in [3.05, 3.63) is 6.92 Å². The standard InChI is InChI=1S/C4H9.Nb/c1-3-4-2;/h1,3-4H2,2H3;/q-1;. The number of hydrogen-bond acceptors (Lipinski definition) is 0. The van der Waals surface area contributed by atoms with E-state index >= 15 is 0 Å². The van der Waals surface area contributed by atoms with E-state index in [1.807, 2.05) is 0 Å². The zero-order chi connectivity index (χ0) is 3.41. The van der Waals surface area contributed by atoms with Gasteiger partial charge in [-0.1, -0.05) is 13.3 Å². The SMILES string of the molecule is [CH2-]CCC.[Nb]. The van der Waals surface area contributed by atoms with E-state index in [2.05, 4.69) is 13.8 Å². The molecule has 1 radical (unpaired) electrons. The summed E-state index contributed by atoms with van der Waals surface area (Å²) in [5, 5.41) is 0. The predicted octanol–water partition coefficient (Wildman–Crippen LogP) is 1.62. The minimum atomic E-state index is 0. The molecule has 31 valence electrons. The summed E-state index contributed by atoms with van der Waals surface area (Å²) in [4.78, 5) is 0. The van der Waals surface area contributed by atoms with Crippen molar-refractivity contribution >= 4 is 0 Å². The van der Waals surface area contributed by atoms with Gasteiger partial charge in [0.05, 0.1) is 0 Å². The first kappa shape index (κ1) is 9.22. The predicted molar refractivity (Wildman–Crippen MR) is 20.3 cm³/mol. The molecule has 0 aliphatic heterocycles. The van der Waals surface area contributed by atoms with Crippen molar-refractivity contribution in [2.75, 3.05) is 0 Å². The molecular weight excluding hydrogens is 141 g/mol. The third-order valence-electron chi connectivity index (χ3n) is 0.354. The van der Waals surface area contributed by atoms with Gasteiger partial charge in [-0.15, -0.1) is 0 Å². The molecule has 0 amide bonds. The first-order valence-corrected chi connectivity index (χ1v) is 1.71. The van der Waals surface area contributed by atoms with E-state index in [4.69, 9.17) is 0 Å². The molecule has 0 aromatic heterocycles. The van der Waals surface area contributed by atoms with Crippen molar-refractivity contribution in [3.63, 3.8) is 0 Å². The normalized spacial score (nSPS) is 6.00. The van der Waals surface area contributed by atoms with Gasteiger partial charge in [0.25, 0.3) is 0 Å². The summed E-state index contributed by atoms with van der Waals surface area (Å²) < 4.78 is 0. The van der Waals surface area contributed by atoms with Crippen LogP contribution in [0.15, 0.2) is 0 Å². The van der Waals surface area contributed by atoms with Gasteiger partial charge in [0.1, 0.15) is 0 Å². The molecule has 0 aromatic carbocycles. The fourth-order valence-electron chi connectivity index (χ4n) is 0. The smallest absolute Gasteiger partial charge is 0 e. The minimum absolute atomic E-state index is 0. The fraction of sp³-hybridized carbons (Fsp3) is 0.750. The van der Waals surface area contributed by atoms with Gasteiger partial charge in [-0.2, -0.15) is 6.42 Å². The van der Waals surface area contributed by atoms with Crippen LogP contribution in [0.3, 0.4) is 0 Å². The monoisotopic (exact) mass is 150 g/mol. The Balaban J connectivity index is 0. The van der Waals surface area contributed by atoms with Crippen molar-refractivity contribution < 1.29 is 22.4 Å². The second-order valence-corrected chi connectivity index (χ2v) is 0.854. The molecule has 0 N–H and O–H groups in total. The van der Waals surface area contributed by atoms with Crippen molar-refractivity contribution in [2.24, 2.45) is 0 Å². The first-order valence-electron chi connectivity index (χ1n) is 1.71. The second-order valence-electron chi connectivity index (χ2n) is 0.854. The summed E-state index contributed by atoms with van der Waals surface area (Å²) in [6.07, 6.45) is 2.28. The van der Waals surface area contributed by atoms with Gasteiger partial charge in [-0.05, 0) is 0 Å². The van der Waals surface area contributed by atoms with Crippen molar-refractivity contribution in [1.82, 2.24) is 0 Å². The number of hydrogen-bond donors (Lipinski definition) is 0. The summed E-state index contributed by atoms with van der Waals surface area (Å²) >= 11 is 0. The maximum atomic E-state index is 3.60. The third-order valence-corrected chi connectivity index (χ3v) is 0.354. The average Bonchev–Trinajstić information content (AvgIpc) is 1.37. The van der Waals surface area contributed by atoms with Crippen LogP contribution in [0, 0.1) is 6.92 Å². The Hall–Kier alpha value is 0.740. The summed E-state index contributed by atoms with van der Waals surface area (Å²) in [5.41, 5.74) is 0. The topological polar surface area (TPSA) is 0 Å². The Kier molecular flexibility index (Phi) is 16.3. The summed E-state index contributed by atoms with van der Waals surface area (Å²) in [5.74, 6) is 0. The number of rotatable bonds is 1. The summed E-state index contributed by atoms with van der Waals surface area (Å²) in [6.45, 7) is 5.72. The maximum Gasteiger partial charge on any atom is 0 e. The van der Waals surface area contributed by atoms with E-state index in [1.54, 1.807) is 0 Å². The summed E-state index contributed by atoms with van der Waals surface area (Å²) in [7, 11) is 0. The Morgan fingerprint density at radius 3 is 1.80 bits per heavy atom. The van der Waals surface area contributed by atoms with Crippen molar-refractivity contribution in [2.45, 2.75) is 19.8 Å². The molecule has 0 unspecified atom stereocenters. The first-order chi connectivity index (χ1) is 1.91. The molecular formula is C4H9Nb-. The molecule has 0 nitrogen and oxygen atoms in total. The van der Waals surface area contributed by atoms with Crippen LogP contribution in [-0.2, 0) is 22.4 Å². The molecule has 0 fully saturated rings. The molecule has 0 spiro atoms. The molecule has 0 aromatic rings. The molecule has 0 heterocycles. The van der Waals surface area contributed by atoms with E-state index in [9.17, 15) is 0 Å². The maximum absolute atomic E-state index is 3.60. The molecule has 0 aliphatic carbocycles. The van der Waals surface area contributed by atoms with Crippen LogP contribution >= 0.6 is 0 Å². The van der Waals surface area contributed by atoms with E-state index in [0.717, 1.165) is 6.42 Å². The van der Waals surface area contributed by atoms with Crippen LogP contribution in [0.1, 0.15) is 19.8 Å². The van der Waals surface area contributed by atoms with Gasteiger partial charge < -0.3 is 6.92 Å². The van der Waals surface area contributed by atoms with Gasteiger partial charge in [0, 0.05) is 22.4 Å². The Morgan fingerprint density at radius 2 is 1.80 bits per heavy atom. The molecule has 0 saturated carbocycles. The average molecular weight is 150 g/mol. The molecule has 0 atom stereocenters. The third kappa shape index (κ3) is 11.8. The Morgan fingerprint density at radius 1 is 1.60 bits per heavy atom. The fourth-order valence-corrected chi connectivity index (χ4v) is 0. The van der Waals surface area contributed by atoms with E-state index in [0.29, 0.717) is 0 Å². The van der Waals surface area contributed by atoms with E-state index in [1.165, 1.54) is 6.42 Å². The van der Waals surface area contributed by atoms with E-state index in [-0.39, 0.29) is 22.4 Å². The zero-order valence-corrected chi connectivity index (χ0v) is 5.77. The minimum Gasteiger partial charge on any atom is -0.343 e. The van der Waals surface area contributed by atoms with Crippen molar-refractivity contribution in [3.8, 4) is 0 Å². The van der Waals surface area contributed by atoms with Gasteiger partial charge in [0.15, 0.2) is 0 Å². The molecule has 0 rings (SSSR count). The van der Waals surface area contributed by atoms with Crippen LogP contribution in [0.4, 0.5) is 0 Å².